The quantitative estimate of drug-likeness (QED) is 0.0272. The Balaban J connectivity index is 4.13. The Morgan fingerprint density at radius 3 is 1.42 bits per heavy atom. The molecular weight excluding hydrogens is 768 g/mol. The van der Waals surface area contributed by atoms with E-state index in [-0.39, 0.29) is 25.7 Å². The highest BCUT2D eigenvalue weighted by molar-refractivity contribution is 7.47. The number of nitrogens with two attached hydrogens (primary N) is 1. The Kier molecular flexibility index (Phi) is 45.3. The minimum atomic E-state index is -4.33. The summed E-state index contributed by atoms with van der Waals surface area (Å²) in [4.78, 5) is 22.8. The Labute approximate surface area is 370 Å². The van der Waals surface area contributed by atoms with E-state index in [0.29, 0.717) is 12.8 Å². The molecule has 9 heteroatoms. The number of hydrogen-bond acceptors (Lipinski definition) is 6. The number of aliphatic hydroxyl groups excluding tert-OH is 1. The molecule has 8 nitrogen and oxygen atoms in total. The van der Waals surface area contributed by atoms with Crippen LogP contribution in [0.4, 0.5) is 0 Å². The first kappa shape index (κ1) is 58.2. The van der Waals surface area contributed by atoms with Gasteiger partial charge in [-0.2, -0.15) is 0 Å². The van der Waals surface area contributed by atoms with Gasteiger partial charge in [0.2, 0.25) is 5.91 Å². The van der Waals surface area contributed by atoms with Crippen molar-refractivity contribution in [3.05, 3.63) is 60.8 Å². The van der Waals surface area contributed by atoms with E-state index in [1.807, 2.05) is 0 Å². The molecule has 0 aromatic rings. The van der Waals surface area contributed by atoms with Gasteiger partial charge in [-0.25, -0.2) is 4.57 Å². The summed E-state index contributed by atoms with van der Waals surface area (Å²) in [6.07, 6.45) is 59.5. The Hall–Kier alpha value is -1.80. The second-order valence-corrected chi connectivity index (χ2v) is 18.1. The van der Waals surface area contributed by atoms with Crippen molar-refractivity contribution in [3.8, 4) is 0 Å². The Morgan fingerprint density at radius 2 is 0.967 bits per heavy atom. The molecule has 0 saturated carbocycles. The van der Waals surface area contributed by atoms with Crippen LogP contribution in [0.3, 0.4) is 0 Å². The fraction of sp³-hybridized carbons (Fsp3) is 0.784. The minimum absolute atomic E-state index is 0.0829. The molecule has 0 aromatic carbocycles. The highest BCUT2D eigenvalue weighted by atomic mass is 31.2. The molecular formula is C51H95N2O6P. The van der Waals surface area contributed by atoms with Crippen molar-refractivity contribution in [2.45, 2.75) is 238 Å². The van der Waals surface area contributed by atoms with Gasteiger partial charge in [-0.1, -0.05) is 222 Å². The van der Waals surface area contributed by atoms with E-state index in [1.165, 1.54) is 109 Å². The van der Waals surface area contributed by atoms with Crippen LogP contribution >= 0.6 is 7.82 Å². The van der Waals surface area contributed by atoms with Gasteiger partial charge in [0.25, 0.3) is 0 Å². The van der Waals surface area contributed by atoms with E-state index in [9.17, 15) is 19.4 Å². The number of carbonyl (C=O) groups is 1. The summed E-state index contributed by atoms with van der Waals surface area (Å²) in [6, 6.07) is -0.789. The van der Waals surface area contributed by atoms with E-state index in [1.54, 1.807) is 0 Å². The number of aliphatic hydroxyl groups is 1. The summed E-state index contributed by atoms with van der Waals surface area (Å²) in [7, 11) is -4.33. The molecule has 0 heterocycles. The molecule has 0 radical (unpaired) electrons. The zero-order valence-corrected chi connectivity index (χ0v) is 39.8. The van der Waals surface area contributed by atoms with Gasteiger partial charge in [0.15, 0.2) is 0 Å². The molecule has 3 unspecified atom stereocenters. The van der Waals surface area contributed by atoms with Gasteiger partial charge >= 0.3 is 7.82 Å². The number of carbonyl (C=O) groups excluding carboxylic acids is 1. The molecule has 0 saturated heterocycles. The monoisotopic (exact) mass is 863 g/mol. The third-order valence-corrected chi connectivity index (χ3v) is 11.9. The van der Waals surface area contributed by atoms with E-state index >= 15 is 0 Å². The van der Waals surface area contributed by atoms with Gasteiger partial charge < -0.3 is 21.1 Å². The fourth-order valence-electron chi connectivity index (χ4n) is 7.16. The molecule has 0 rings (SSSR count). The lowest BCUT2D eigenvalue weighted by Gasteiger charge is -2.25. The van der Waals surface area contributed by atoms with Crippen LogP contribution in [-0.2, 0) is 18.4 Å². The molecule has 0 aliphatic carbocycles. The molecule has 0 bridgehead atoms. The van der Waals surface area contributed by atoms with E-state index in [0.717, 1.165) is 89.9 Å². The van der Waals surface area contributed by atoms with Crippen LogP contribution in [0, 0.1) is 0 Å². The number of rotatable bonds is 46. The summed E-state index contributed by atoms with van der Waals surface area (Å²) in [5, 5.41) is 13.9. The fourth-order valence-corrected chi connectivity index (χ4v) is 7.92. The number of phosphoric acid groups is 1. The van der Waals surface area contributed by atoms with Crippen molar-refractivity contribution in [1.29, 1.82) is 0 Å². The summed E-state index contributed by atoms with van der Waals surface area (Å²) in [6.45, 7) is 4.09. The molecule has 0 spiro atoms. The standard InChI is InChI=1S/C51H95N2O6P/c1-3-5-7-9-11-13-15-17-19-21-23-25-27-29-31-33-35-37-39-41-43-45-51(55)53-49(48-59-60(56,57)58-47-46-52)50(54)44-42-40-38-36-34-32-30-28-26-24-22-20-18-16-14-12-10-8-6-4-2/h5,7,11,13,17,19,23,25,29,31,49-50,54H,3-4,6,8-10,12,14-16,18,20-22,24,26-28,30,32-48,52H2,1-2H3,(H,53,55)(H,56,57)/b7-5-,13-11-,19-17-,25-23-,31-29-. The molecule has 0 fully saturated rings. The smallest absolute Gasteiger partial charge is 0.391 e. The van der Waals surface area contributed by atoms with Crippen LogP contribution in [0.5, 0.6) is 0 Å². The first-order chi connectivity index (χ1) is 29.4. The minimum Gasteiger partial charge on any atom is -0.391 e. The summed E-state index contributed by atoms with van der Waals surface area (Å²) in [5.74, 6) is -0.180. The molecule has 5 N–H and O–H groups in total. The number of hydrogen-bond donors (Lipinski definition) is 4. The average molecular weight is 863 g/mol. The molecule has 3 atom stereocenters. The van der Waals surface area contributed by atoms with Gasteiger partial charge in [0, 0.05) is 13.0 Å². The number of amides is 1. The van der Waals surface area contributed by atoms with E-state index in [2.05, 4.69) is 79.9 Å². The van der Waals surface area contributed by atoms with Crippen molar-refractivity contribution < 1.29 is 28.4 Å². The van der Waals surface area contributed by atoms with Crippen LogP contribution < -0.4 is 11.1 Å². The van der Waals surface area contributed by atoms with Gasteiger partial charge in [0.1, 0.15) is 0 Å². The lowest BCUT2D eigenvalue weighted by molar-refractivity contribution is -0.123. The van der Waals surface area contributed by atoms with Crippen LogP contribution in [-0.4, -0.2) is 47.8 Å². The molecule has 60 heavy (non-hydrogen) atoms. The maximum Gasteiger partial charge on any atom is 0.472 e. The van der Waals surface area contributed by atoms with Crippen molar-refractivity contribution in [2.24, 2.45) is 5.73 Å². The maximum atomic E-state index is 12.8. The average Bonchev–Trinajstić information content (AvgIpc) is 3.24. The van der Waals surface area contributed by atoms with Crippen LogP contribution in [0.1, 0.15) is 226 Å². The summed E-state index contributed by atoms with van der Waals surface area (Å²) < 4.78 is 22.3. The van der Waals surface area contributed by atoms with Gasteiger partial charge in [0.05, 0.1) is 25.4 Å². The zero-order valence-electron chi connectivity index (χ0n) is 38.9. The second kappa shape index (κ2) is 46.7. The van der Waals surface area contributed by atoms with Crippen molar-refractivity contribution in [1.82, 2.24) is 5.32 Å². The van der Waals surface area contributed by atoms with Crippen LogP contribution in [0.15, 0.2) is 60.8 Å². The Morgan fingerprint density at radius 1 is 0.567 bits per heavy atom. The number of allylic oxidation sites excluding steroid dienone is 10. The van der Waals surface area contributed by atoms with Crippen molar-refractivity contribution in [3.63, 3.8) is 0 Å². The predicted octanol–water partition coefficient (Wildman–Crippen LogP) is 14.6. The largest absolute Gasteiger partial charge is 0.472 e. The third-order valence-electron chi connectivity index (χ3n) is 10.9. The maximum absolute atomic E-state index is 12.8. The summed E-state index contributed by atoms with van der Waals surface area (Å²) in [5.41, 5.74) is 5.40. The highest BCUT2D eigenvalue weighted by Gasteiger charge is 2.27. The normalized spacial score (nSPS) is 14.4. The predicted molar refractivity (Wildman–Crippen MR) is 258 cm³/mol. The molecule has 0 aliphatic heterocycles. The Bertz CT molecular complexity index is 1120. The highest BCUT2D eigenvalue weighted by Crippen LogP contribution is 2.43. The van der Waals surface area contributed by atoms with Crippen LogP contribution in [0.2, 0.25) is 0 Å². The molecule has 350 valence electrons. The van der Waals surface area contributed by atoms with E-state index in [4.69, 9.17) is 14.8 Å². The van der Waals surface area contributed by atoms with E-state index < -0.39 is 20.0 Å². The first-order valence-corrected chi connectivity index (χ1v) is 26.4. The van der Waals surface area contributed by atoms with Crippen molar-refractivity contribution >= 4 is 13.7 Å². The lowest BCUT2D eigenvalue weighted by atomic mass is 10.0. The second-order valence-electron chi connectivity index (χ2n) is 16.6. The first-order valence-electron chi connectivity index (χ1n) is 24.9. The zero-order chi connectivity index (χ0) is 43.9. The van der Waals surface area contributed by atoms with Gasteiger partial charge in [-0.05, 0) is 57.8 Å². The number of unbranched alkanes of at least 4 members (excludes halogenated alkanes) is 24. The molecule has 1 amide bonds. The van der Waals surface area contributed by atoms with Gasteiger partial charge in [-0.3, -0.25) is 13.8 Å². The van der Waals surface area contributed by atoms with Crippen LogP contribution in [0.25, 0.3) is 0 Å². The lowest BCUT2D eigenvalue weighted by Crippen LogP contribution is -2.46. The molecule has 0 aromatic heterocycles. The number of phosphoric ester groups is 1. The number of nitrogens with one attached hydrogen (secondary N) is 1. The van der Waals surface area contributed by atoms with Crippen molar-refractivity contribution in [2.75, 3.05) is 19.8 Å². The van der Waals surface area contributed by atoms with Gasteiger partial charge in [-0.15, -0.1) is 0 Å². The summed E-state index contributed by atoms with van der Waals surface area (Å²) >= 11 is 0. The molecule has 0 aliphatic rings. The topological polar surface area (TPSA) is 131 Å². The third kappa shape index (κ3) is 44.3. The SMILES string of the molecule is CC/C=C\C/C=C\C/C=C\C/C=C\C/C=C\CCCCCCCC(=O)NC(COP(=O)(O)OCCN)C(O)CCCCCCCCCCCCCCCCCCCCCC.